The molecule has 2 heterocycles. The molecule has 3 rings (SSSR count). The van der Waals surface area contributed by atoms with E-state index in [1.807, 2.05) is 18.5 Å². The molecule has 1 fully saturated rings. The van der Waals surface area contributed by atoms with Gasteiger partial charge in [0.25, 0.3) is 0 Å². The highest BCUT2D eigenvalue weighted by molar-refractivity contribution is 7.13. The van der Waals surface area contributed by atoms with Crippen LogP contribution in [0.15, 0.2) is 34.7 Å². The van der Waals surface area contributed by atoms with E-state index in [4.69, 9.17) is 0 Å². The Morgan fingerprint density at radius 1 is 1.17 bits per heavy atom. The molecule has 0 radical (unpaired) electrons. The lowest BCUT2D eigenvalue weighted by molar-refractivity contribution is 0.277. The highest BCUT2D eigenvalue weighted by Crippen LogP contribution is 2.15. The van der Waals surface area contributed by atoms with Crippen molar-refractivity contribution in [2.45, 2.75) is 39.2 Å². The second-order valence-corrected chi connectivity index (χ2v) is 6.95. The summed E-state index contributed by atoms with van der Waals surface area (Å²) in [7, 11) is 0. The zero-order valence-electron chi connectivity index (χ0n) is 13.7. The van der Waals surface area contributed by atoms with Crippen LogP contribution >= 0.6 is 11.3 Å². The lowest BCUT2D eigenvalue weighted by Gasteiger charge is -2.19. The Balaban J connectivity index is 1.52. The minimum absolute atomic E-state index is 0.830. The largest absolute Gasteiger partial charge is 0.299 e. The van der Waals surface area contributed by atoms with Gasteiger partial charge in [-0.3, -0.25) is 10.3 Å². The normalized spacial score (nSPS) is 16.6. The van der Waals surface area contributed by atoms with E-state index in [9.17, 15) is 0 Å². The van der Waals surface area contributed by atoms with Crippen LogP contribution in [0.2, 0.25) is 0 Å². The van der Waals surface area contributed by atoms with Gasteiger partial charge in [0.1, 0.15) is 0 Å². The maximum absolute atomic E-state index is 4.32. The monoisotopic (exact) mass is 328 g/mol. The van der Waals surface area contributed by atoms with Crippen LogP contribution in [0.4, 0.5) is 5.13 Å². The lowest BCUT2D eigenvalue weighted by atomic mass is 10.1. The average Bonchev–Trinajstić information content (AvgIpc) is 2.81. The summed E-state index contributed by atoms with van der Waals surface area (Å²) >= 11 is 1.57. The number of hydrogen-bond donors (Lipinski definition) is 1. The maximum Gasteiger partial charge on any atom is 0.203 e. The molecule has 1 aliphatic rings. The van der Waals surface area contributed by atoms with Crippen LogP contribution in [0.5, 0.6) is 0 Å². The zero-order valence-corrected chi connectivity index (χ0v) is 14.5. The minimum Gasteiger partial charge on any atom is -0.299 e. The van der Waals surface area contributed by atoms with E-state index in [0.717, 1.165) is 22.9 Å². The van der Waals surface area contributed by atoms with Gasteiger partial charge in [0.15, 0.2) is 0 Å². The van der Waals surface area contributed by atoms with Gasteiger partial charge in [-0.2, -0.15) is 5.10 Å². The van der Waals surface area contributed by atoms with Crippen LogP contribution in [-0.4, -0.2) is 29.2 Å². The van der Waals surface area contributed by atoms with Crippen LogP contribution in [0.3, 0.4) is 0 Å². The molecule has 0 unspecified atom stereocenters. The van der Waals surface area contributed by atoms with Crippen molar-refractivity contribution in [3.8, 4) is 0 Å². The van der Waals surface area contributed by atoms with Gasteiger partial charge >= 0.3 is 0 Å². The van der Waals surface area contributed by atoms with Gasteiger partial charge in [-0.1, -0.05) is 37.1 Å². The molecule has 0 saturated carbocycles. The Morgan fingerprint density at radius 3 is 2.57 bits per heavy atom. The lowest BCUT2D eigenvalue weighted by Crippen LogP contribution is -2.23. The number of anilines is 1. The number of nitrogens with one attached hydrogen (secondary N) is 1. The Labute approximate surface area is 142 Å². The van der Waals surface area contributed by atoms with Gasteiger partial charge in [-0.25, -0.2) is 4.98 Å². The predicted molar refractivity (Wildman–Crippen MR) is 98.3 cm³/mol. The first-order valence-corrected chi connectivity index (χ1v) is 9.20. The average molecular weight is 328 g/mol. The molecule has 1 aromatic heterocycles. The van der Waals surface area contributed by atoms with Crippen molar-refractivity contribution in [1.29, 1.82) is 0 Å². The molecule has 0 aliphatic carbocycles. The summed E-state index contributed by atoms with van der Waals surface area (Å²) in [5, 5.41) is 7.08. The van der Waals surface area contributed by atoms with E-state index in [2.05, 4.69) is 44.7 Å². The summed E-state index contributed by atoms with van der Waals surface area (Å²) in [5.41, 5.74) is 6.47. The third kappa shape index (κ3) is 5.15. The van der Waals surface area contributed by atoms with Crippen molar-refractivity contribution >= 4 is 22.7 Å². The van der Waals surface area contributed by atoms with Crippen molar-refractivity contribution < 1.29 is 0 Å². The number of nitrogens with zero attached hydrogens (tertiary/aromatic N) is 3. The maximum atomic E-state index is 4.32. The van der Waals surface area contributed by atoms with Gasteiger partial charge in [-0.05, 0) is 44.0 Å². The van der Waals surface area contributed by atoms with E-state index in [0.29, 0.717) is 0 Å². The van der Waals surface area contributed by atoms with Crippen molar-refractivity contribution in [1.82, 2.24) is 9.88 Å². The van der Waals surface area contributed by atoms with E-state index in [-0.39, 0.29) is 0 Å². The van der Waals surface area contributed by atoms with Gasteiger partial charge in [0, 0.05) is 11.9 Å². The van der Waals surface area contributed by atoms with Gasteiger partial charge in [-0.15, -0.1) is 11.3 Å². The second kappa shape index (κ2) is 8.22. The summed E-state index contributed by atoms with van der Waals surface area (Å²) in [6.45, 7) is 5.52. The van der Waals surface area contributed by atoms with Crippen LogP contribution in [0.1, 0.15) is 42.5 Å². The number of rotatable bonds is 5. The highest BCUT2D eigenvalue weighted by Gasteiger charge is 2.09. The fraction of sp³-hybridized carbons (Fsp3) is 0.444. The molecule has 1 N–H and O–H groups in total. The molecule has 1 aliphatic heterocycles. The van der Waals surface area contributed by atoms with Gasteiger partial charge in [0.2, 0.25) is 5.13 Å². The van der Waals surface area contributed by atoms with Crippen molar-refractivity contribution in [3.05, 3.63) is 46.5 Å². The molecule has 0 amide bonds. The van der Waals surface area contributed by atoms with Crippen LogP contribution in [0.25, 0.3) is 0 Å². The number of benzene rings is 1. The van der Waals surface area contributed by atoms with Crippen molar-refractivity contribution in [2.24, 2.45) is 5.10 Å². The van der Waals surface area contributed by atoms with Crippen LogP contribution in [-0.2, 0) is 6.54 Å². The minimum atomic E-state index is 0.830. The van der Waals surface area contributed by atoms with Gasteiger partial charge < -0.3 is 0 Å². The molecule has 2 aromatic rings. The number of hydrazone groups is 1. The highest BCUT2D eigenvalue weighted by atomic mass is 32.1. The molecular formula is C18H24N4S. The van der Waals surface area contributed by atoms with Crippen molar-refractivity contribution in [3.63, 3.8) is 0 Å². The topological polar surface area (TPSA) is 40.5 Å². The Bertz CT molecular complexity index is 625. The molecule has 0 spiro atoms. The zero-order chi connectivity index (χ0) is 15.9. The molecule has 5 heteroatoms. The second-order valence-electron chi connectivity index (χ2n) is 6.10. The number of likely N-dealkylation sites (tertiary alicyclic amines) is 1. The first kappa shape index (κ1) is 16.1. The molecular weight excluding hydrogens is 304 g/mol. The first-order valence-electron chi connectivity index (χ1n) is 8.32. The SMILES string of the molecule is Cc1csc(NN=Cc2ccc(CN3CCCCCC3)cc2)n1. The van der Waals surface area contributed by atoms with Crippen molar-refractivity contribution in [2.75, 3.05) is 18.5 Å². The summed E-state index contributed by atoms with van der Waals surface area (Å²) in [6.07, 6.45) is 7.29. The number of hydrogen-bond acceptors (Lipinski definition) is 5. The molecule has 1 saturated heterocycles. The quantitative estimate of drug-likeness (QED) is 0.658. The number of aryl methyl sites for hydroxylation is 1. The standard InChI is InChI=1S/C18H24N4S/c1-15-14-23-18(20-15)21-19-12-16-6-8-17(9-7-16)13-22-10-4-2-3-5-11-22/h6-9,12,14H,2-5,10-11,13H2,1H3,(H,20,21). The van der Waals surface area contributed by atoms with E-state index >= 15 is 0 Å². The molecule has 1 aromatic carbocycles. The Kier molecular flexibility index (Phi) is 5.77. The van der Waals surface area contributed by atoms with E-state index < -0.39 is 0 Å². The molecule has 0 atom stereocenters. The summed E-state index contributed by atoms with van der Waals surface area (Å²) in [6, 6.07) is 8.68. The number of aromatic nitrogens is 1. The summed E-state index contributed by atoms with van der Waals surface area (Å²) in [5.74, 6) is 0. The fourth-order valence-electron chi connectivity index (χ4n) is 2.83. The fourth-order valence-corrected chi connectivity index (χ4v) is 3.47. The Morgan fingerprint density at radius 2 is 1.91 bits per heavy atom. The molecule has 0 bridgehead atoms. The first-order chi connectivity index (χ1) is 11.3. The smallest absolute Gasteiger partial charge is 0.203 e. The predicted octanol–water partition coefficient (Wildman–Crippen LogP) is 4.27. The Hall–Kier alpha value is -1.72. The van der Waals surface area contributed by atoms with E-state index in [1.54, 1.807) is 11.3 Å². The third-order valence-electron chi connectivity index (χ3n) is 4.08. The summed E-state index contributed by atoms with van der Waals surface area (Å²) in [4.78, 5) is 6.89. The molecule has 4 nitrogen and oxygen atoms in total. The van der Waals surface area contributed by atoms with E-state index in [1.165, 1.54) is 44.3 Å². The van der Waals surface area contributed by atoms with Crippen LogP contribution in [0, 0.1) is 6.92 Å². The van der Waals surface area contributed by atoms with Gasteiger partial charge in [0.05, 0.1) is 11.9 Å². The third-order valence-corrected chi connectivity index (χ3v) is 4.94. The molecule has 23 heavy (non-hydrogen) atoms. The van der Waals surface area contributed by atoms with Crippen LogP contribution < -0.4 is 5.43 Å². The summed E-state index contributed by atoms with van der Waals surface area (Å²) < 4.78 is 0. The number of thiazole rings is 1. The molecule has 122 valence electrons.